The quantitative estimate of drug-likeness (QED) is 0.523. The molecule has 0 nitrogen and oxygen atoms in total. The van der Waals surface area contributed by atoms with E-state index in [1.165, 1.54) is 12.8 Å². The predicted octanol–water partition coefficient (Wildman–Crippen LogP) is 3.95. The molecule has 0 aliphatic rings. The third-order valence-electron chi connectivity index (χ3n) is 2.18. The lowest BCUT2D eigenvalue weighted by atomic mass is 9.87. The molecule has 0 heterocycles. The van der Waals surface area contributed by atoms with Gasteiger partial charge in [0.1, 0.15) is 0 Å². The predicted molar refractivity (Wildman–Crippen MR) is 52.6 cm³/mol. The van der Waals surface area contributed by atoms with Crippen LogP contribution in [0.15, 0.2) is 24.8 Å². The van der Waals surface area contributed by atoms with Gasteiger partial charge in [0.15, 0.2) is 0 Å². The molecule has 0 spiro atoms. The van der Waals surface area contributed by atoms with E-state index in [4.69, 9.17) is 0 Å². The smallest absolute Gasteiger partial charge is 0.00274 e. The largest absolute Gasteiger partial charge is 0.102 e. The fourth-order valence-corrected chi connectivity index (χ4v) is 0.849. The SMILES string of the molecule is C=CC(C)(C=CCCC)CC. The molecule has 11 heavy (non-hydrogen) atoms. The number of unbranched alkanes of at least 4 members (excludes halogenated alkanes) is 1. The van der Waals surface area contributed by atoms with E-state index < -0.39 is 0 Å². The summed E-state index contributed by atoms with van der Waals surface area (Å²) >= 11 is 0. The summed E-state index contributed by atoms with van der Waals surface area (Å²) in [6, 6.07) is 0. The summed E-state index contributed by atoms with van der Waals surface area (Å²) in [5.41, 5.74) is 0.217. The lowest BCUT2D eigenvalue weighted by molar-refractivity contribution is 0.529. The van der Waals surface area contributed by atoms with Crippen LogP contribution in [0, 0.1) is 5.41 Å². The molecule has 64 valence electrons. The van der Waals surface area contributed by atoms with Crippen molar-refractivity contribution in [3.05, 3.63) is 24.8 Å². The van der Waals surface area contributed by atoms with E-state index in [1.807, 2.05) is 6.08 Å². The zero-order valence-corrected chi connectivity index (χ0v) is 8.06. The van der Waals surface area contributed by atoms with Crippen molar-refractivity contribution < 1.29 is 0 Å². The molecule has 0 aliphatic heterocycles. The highest BCUT2D eigenvalue weighted by molar-refractivity contribution is 5.06. The molecule has 0 rings (SSSR count). The Kier molecular flexibility index (Phi) is 4.93. The van der Waals surface area contributed by atoms with E-state index in [9.17, 15) is 0 Å². The Morgan fingerprint density at radius 3 is 2.36 bits per heavy atom. The Morgan fingerprint density at radius 2 is 2.00 bits per heavy atom. The molecule has 0 amide bonds. The van der Waals surface area contributed by atoms with Crippen molar-refractivity contribution in [3.8, 4) is 0 Å². The van der Waals surface area contributed by atoms with Gasteiger partial charge in [-0.1, -0.05) is 45.4 Å². The maximum atomic E-state index is 3.83. The van der Waals surface area contributed by atoms with Crippen LogP contribution >= 0.6 is 0 Å². The molecule has 0 aliphatic carbocycles. The van der Waals surface area contributed by atoms with Crippen molar-refractivity contribution in [3.63, 3.8) is 0 Å². The first-order chi connectivity index (χ1) is 5.18. The second-order valence-electron chi connectivity index (χ2n) is 3.25. The summed E-state index contributed by atoms with van der Waals surface area (Å²) < 4.78 is 0. The zero-order valence-electron chi connectivity index (χ0n) is 8.06. The van der Waals surface area contributed by atoms with Crippen molar-refractivity contribution >= 4 is 0 Å². The molecule has 1 unspecified atom stereocenters. The number of allylic oxidation sites excluding steroid dienone is 3. The van der Waals surface area contributed by atoms with E-state index in [0.717, 1.165) is 6.42 Å². The molecule has 0 fully saturated rings. The second-order valence-corrected chi connectivity index (χ2v) is 3.25. The highest BCUT2D eigenvalue weighted by Crippen LogP contribution is 2.23. The van der Waals surface area contributed by atoms with Gasteiger partial charge in [-0.2, -0.15) is 0 Å². The van der Waals surface area contributed by atoms with Crippen LogP contribution in [0.4, 0.5) is 0 Å². The van der Waals surface area contributed by atoms with Crippen molar-refractivity contribution in [2.24, 2.45) is 5.41 Å². The molecule has 1 atom stereocenters. The lowest BCUT2D eigenvalue weighted by Crippen LogP contribution is -2.06. The molecule has 0 saturated heterocycles. The van der Waals surface area contributed by atoms with Gasteiger partial charge in [-0.25, -0.2) is 0 Å². The minimum Gasteiger partial charge on any atom is -0.102 e. The first-order valence-corrected chi connectivity index (χ1v) is 4.49. The Morgan fingerprint density at radius 1 is 1.36 bits per heavy atom. The molecular weight excluding hydrogens is 132 g/mol. The molecule has 0 aromatic heterocycles. The van der Waals surface area contributed by atoms with Crippen LogP contribution in [-0.2, 0) is 0 Å². The maximum absolute atomic E-state index is 3.83. The summed E-state index contributed by atoms with van der Waals surface area (Å²) in [5.74, 6) is 0. The number of hydrogen-bond donors (Lipinski definition) is 0. The van der Waals surface area contributed by atoms with Gasteiger partial charge < -0.3 is 0 Å². The standard InChI is InChI=1S/C11H20/c1-5-8-9-10-11(4,6-2)7-3/h6,9-10H,2,5,7-8H2,1,3-4H3. The van der Waals surface area contributed by atoms with Crippen molar-refractivity contribution in [2.45, 2.75) is 40.0 Å². The average Bonchev–Trinajstić information content (AvgIpc) is 2.05. The molecule has 0 heteroatoms. The third-order valence-corrected chi connectivity index (χ3v) is 2.18. The highest BCUT2D eigenvalue weighted by Gasteiger charge is 2.11. The van der Waals surface area contributed by atoms with Gasteiger partial charge in [-0.05, 0) is 12.8 Å². The van der Waals surface area contributed by atoms with E-state index in [-0.39, 0.29) is 5.41 Å². The number of rotatable bonds is 5. The molecular formula is C11H20. The van der Waals surface area contributed by atoms with E-state index in [0.29, 0.717) is 0 Å². The Balaban J connectivity index is 3.95. The van der Waals surface area contributed by atoms with Gasteiger partial charge in [0.05, 0.1) is 0 Å². The Hall–Kier alpha value is -0.520. The molecule has 0 aromatic carbocycles. The molecule has 0 saturated carbocycles. The molecule has 0 bridgehead atoms. The van der Waals surface area contributed by atoms with Crippen LogP contribution in [0.1, 0.15) is 40.0 Å². The van der Waals surface area contributed by atoms with Gasteiger partial charge in [-0.15, -0.1) is 6.58 Å². The van der Waals surface area contributed by atoms with Crippen molar-refractivity contribution in [1.82, 2.24) is 0 Å². The van der Waals surface area contributed by atoms with Gasteiger partial charge in [0.2, 0.25) is 0 Å². The maximum Gasteiger partial charge on any atom is 0.00274 e. The minimum absolute atomic E-state index is 0.217. The fraction of sp³-hybridized carbons (Fsp3) is 0.636. The molecule has 0 aromatic rings. The first-order valence-electron chi connectivity index (χ1n) is 4.49. The van der Waals surface area contributed by atoms with Crippen LogP contribution in [0.25, 0.3) is 0 Å². The molecule has 0 radical (unpaired) electrons. The van der Waals surface area contributed by atoms with Crippen molar-refractivity contribution in [2.75, 3.05) is 0 Å². The van der Waals surface area contributed by atoms with Crippen LogP contribution in [0.3, 0.4) is 0 Å². The third kappa shape index (κ3) is 4.02. The van der Waals surface area contributed by atoms with Crippen LogP contribution in [0.2, 0.25) is 0 Å². The summed E-state index contributed by atoms with van der Waals surface area (Å²) in [5, 5.41) is 0. The van der Waals surface area contributed by atoms with Crippen LogP contribution in [-0.4, -0.2) is 0 Å². The topological polar surface area (TPSA) is 0 Å². The second kappa shape index (κ2) is 5.17. The lowest BCUT2D eigenvalue weighted by Gasteiger charge is -2.18. The summed E-state index contributed by atoms with van der Waals surface area (Å²) in [7, 11) is 0. The summed E-state index contributed by atoms with van der Waals surface area (Å²) in [4.78, 5) is 0. The zero-order chi connectivity index (χ0) is 8.74. The highest BCUT2D eigenvalue weighted by atomic mass is 14.2. The first kappa shape index (κ1) is 10.5. The van der Waals surface area contributed by atoms with Gasteiger partial charge in [0.25, 0.3) is 0 Å². The van der Waals surface area contributed by atoms with Gasteiger partial charge >= 0.3 is 0 Å². The summed E-state index contributed by atoms with van der Waals surface area (Å²) in [6.07, 6.45) is 10.1. The normalized spacial score (nSPS) is 16.6. The molecule has 0 N–H and O–H groups in total. The van der Waals surface area contributed by atoms with E-state index in [1.54, 1.807) is 0 Å². The Bertz CT molecular complexity index is 133. The van der Waals surface area contributed by atoms with Crippen molar-refractivity contribution in [1.29, 1.82) is 0 Å². The van der Waals surface area contributed by atoms with Crippen LogP contribution < -0.4 is 0 Å². The average molecular weight is 152 g/mol. The fourth-order valence-electron chi connectivity index (χ4n) is 0.849. The van der Waals surface area contributed by atoms with Crippen LogP contribution in [0.5, 0.6) is 0 Å². The van der Waals surface area contributed by atoms with Gasteiger partial charge in [-0.3, -0.25) is 0 Å². The Labute approximate surface area is 71.0 Å². The minimum atomic E-state index is 0.217. The van der Waals surface area contributed by atoms with Gasteiger partial charge in [0, 0.05) is 5.41 Å². The number of hydrogen-bond acceptors (Lipinski definition) is 0. The monoisotopic (exact) mass is 152 g/mol. The summed E-state index contributed by atoms with van der Waals surface area (Å²) in [6.45, 7) is 10.4. The van der Waals surface area contributed by atoms with E-state index >= 15 is 0 Å². The van der Waals surface area contributed by atoms with E-state index in [2.05, 4.69) is 39.5 Å².